The zero-order valence-corrected chi connectivity index (χ0v) is 13.8. The number of hydrogen-bond donors (Lipinski definition) is 1. The molecule has 2 rings (SSSR count). The maximum Gasteiger partial charge on any atom is 0.407 e. The summed E-state index contributed by atoms with van der Waals surface area (Å²) in [6, 6.07) is 1.68. The first kappa shape index (κ1) is 17.0. The quantitative estimate of drug-likeness (QED) is 0.678. The van der Waals surface area contributed by atoms with E-state index in [1.807, 2.05) is 25.7 Å². The number of pyridine rings is 1. The van der Waals surface area contributed by atoms with E-state index in [0.29, 0.717) is 17.9 Å². The van der Waals surface area contributed by atoms with E-state index in [-0.39, 0.29) is 11.7 Å². The van der Waals surface area contributed by atoms with Crippen molar-refractivity contribution in [3.8, 4) is 0 Å². The number of nitro groups is 1. The van der Waals surface area contributed by atoms with E-state index in [1.165, 1.54) is 6.20 Å². The Morgan fingerprint density at radius 2 is 2.22 bits per heavy atom. The number of carbonyl (C=O) groups is 1. The largest absolute Gasteiger partial charge is 0.444 e. The Balaban J connectivity index is 1.96. The van der Waals surface area contributed by atoms with Crippen molar-refractivity contribution < 1.29 is 14.5 Å². The molecule has 2 heterocycles. The summed E-state index contributed by atoms with van der Waals surface area (Å²) < 4.78 is 5.24. The Bertz CT molecular complexity index is 612. The Morgan fingerprint density at radius 3 is 2.78 bits per heavy atom. The van der Waals surface area contributed by atoms with Gasteiger partial charge in [0.25, 0.3) is 5.69 Å². The molecule has 0 radical (unpaired) electrons. The lowest BCUT2D eigenvalue weighted by atomic mass is 10.2. The predicted octanol–water partition coefficient (Wildman–Crippen LogP) is 2.40. The van der Waals surface area contributed by atoms with Gasteiger partial charge in [-0.25, -0.2) is 9.78 Å². The number of nitrogens with one attached hydrogen (secondary N) is 1. The Hall–Kier alpha value is -2.38. The highest BCUT2D eigenvalue weighted by Crippen LogP contribution is 2.24. The van der Waals surface area contributed by atoms with Crippen LogP contribution >= 0.6 is 0 Å². The molecule has 0 aliphatic carbocycles. The average Bonchev–Trinajstić information content (AvgIpc) is 2.84. The second kappa shape index (κ2) is 6.39. The third kappa shape index (κ3) is 4.54. The number of aryl methyl sites for hydroxylation is 1. The molecule has 1 atom stereocenters. The van der Waals surface area contributed by atoms with E-state index in [0.717, 1.165) is 13.0 Å². The monoisotopic (exact) mass is 322 g/mol. The van der Waals surface area contributed by atoms with Crippen molar-refractivity contribution >= 4 is 17.6 Å². The zero-order valence-electron chi connectivity index (χ0n) is 13.8. The Morgan fingerprint density at radius 1 is 1.52 bits per heavy atom. The van der Waals surface area contributed by atoms with E-state index >= 15 is 0 Å². The first-order chi connectivity index (χ1) is 10.7. The van der Waals surface area contributed by atoms with Crippen LogP contribution in [-0.2, 0) is 4.74 Å². The number of carbonyl (C=O) groups excluding carboxylic acids is 1. The van der Waals surface area contributed by atoms with Crippen LogP contribution in [0.2, 0.25) is 0 Å². The van der Waals surface area contributed by atoms with Crippen molar-refractivity contribution in [2.75, 3.05) is 18.0 Å². The van der Waals surface area contributed by atoms with Gasteiger partial charge in [-0.3, -0.25) is 10.1 Å². The molecule has 1 amide bonds. The molecule has 1 unspecified atom stereocenters. The summed E-state index contributed by atoms with van der Waals surface area (Å²) in [5.41, 5.74) is 0.0549. The van der Waals surface area contributed by atoms with Gasteiger partial charge in [-0.15, -0.1) is 0 Å². The second-order valence-corrected chi connectivity index (χ2v) is 6.66. The summed E-state index contributed by atoms with van der Waals surface area (Å²) in [4.78, 5) is 28.3. The van der Waals surface area contributed by atoms with Crippen LogP contribution in [0.25, 0.3) is 0 Å². The van der Waals surface area contributed by atoms with E-state index < -0.39 is 16.6 Å². The highest BCUT2D eigenvalue weighted by atomic mass is 16.6. The van der Waals surface area contributed by atoms with Crippen LogP contribution in [0.3, 0.4) is 0 Å². The van der Waals surface area contributed by atoms with Gasteiger partial charge in [-0.05, 0) is 40.2 Å². The number of rotatable bonds is 3. The lowest BCUT2D eigenvalue weighted by molar-refractivity contribution is -0.385. The Kier molecular flexibility index (Phi) is 4.72. The van der Waals surface area contributed by atoms with Gasteiger partial charge in [0.05, 0.1) is 11.0 Å². The summed E-state index contributed by atoms with van der Waals surface area (Å²) in [7, 11) is 0. The first-order valence-electron chi connectivity index (χ1n) is 7.51. The van der Waals surface area contributed by atoms with Gasteiger partial charge in [0.1, 0.15) is 17.6 Å². The fraction of sp³-hybridized carbons (Fsp3) is 0.600. The highest BCUT2D eigenvalue weighted by molar-refractivity contribution is 5.68. The van der Waals surface area contributed by atoms with Crippen LogP contribution < -0.4 is 10.2 Å². The van der Waals surface area contributed by atoms with E-state index in [9.17, 15) is 14.9 Å². The molecule has 1 fully saturated rings. The minimum atomic E-state index is -0.528. The lowest BCUT2D eigenvalue weighted by Gasteiger charge is -2.22. The molecule has 0 saturated carbocycles. The molecule has 0 bridgehead atoms. The smallest absolute Gasteiger partial charge is 0.407 e. The SMILES string of the molecule is Cc1cc(N2CCC(NC(=O)OC(C)(C)C)C2)ncc1[N+](=O)[O-]. The normalized spacial score (nSPS) is 17.9. The van der Waals surface area contributed by atoms with E-state index in [4.69, 9.17) is 4.74 Å². The minimum absolute atomic E-state index is 0.0105. The predicted molar refractivity (Wildman–Crippen MR) is 85.6 cm³/mol. The third-order valence-corrected chi connectivity index (χ3v) is 3.50. The summed E-state index contributed by atoms with van der Waals surface area (Å²) in [6.07, 6.45) is 1.62. The summed E-state index contributed by atoms with van der Waals surface area (Å²) in [5.74, 6) is 0.682. The minimum Gasteiger partial charge on any atom is -0.444 e. The molecule has 1 aliphatic heterocycles. The number of alkyl carbamates (subject to hydrolysis) is 1. The van der Waals surface area contributed by atoms with Crippen LogP contribution in [0.15, 0.2) is 12.3 Å². The molecule has 8 nitrogen and oxygen atoms in total. The second-order valence-electron chi connectivity index (χ2n) is 6.66. The van der Waals surface area contributed by atoms with Crippen LogP contribution in [0.1, 0.15) is 32.8 Å². The third-order valence-electron chi connectivity index (χ3n) is 3.50. The number of amides is 1. The molecule has 0 aromatic carbocycles. The average molecular weight is 322 g/mol. The number of anilines is 1. The van der Waals surface area contributed by atoms with Crippen molar-refractivity contribution in [1.82, 2.24) is 10.3 Å². The van der Waals surface area contributed by atoms with Crippen molar-refractivity contribution in [1.29, 1.82) is 0 Å². The first-order valence-corrected chi connectivity index (χ1v) is 7.51. The Labute approximate surface area is 135 Å². The summed E-state index contributed by atoms with van der Waals surface area (Å²) in [5, 5.41) is 13.7. The lowest BCUT2D eigenvalue weighted by Crippen LogP contribution is -2.40. The zero-order chi connectivity index (χ0) is 17.2. The molecule has 23 heavy (non-hydrogen) atoms. The fourth-order valence-corrected chi connectivity index (χ4v) is 2.46. The van der Waals surface area contributed by atoms with Gasteiger partial charge in [0.15, 0.2) is 0 Å². The van der Waals surface area contributed by atoms with Crippen molar-refractivity contribution in [3.05, 3.63) is 27.9 Å². The molecular formula is C15H22N4O4. The van der Waals surface area contributed by atoms with E-state index in [2.05, 4.69) is 10.3 Å². The van der Waals surface area contributed by atoms with Gasteiger partial charge in [-0.2, -0.15) is 0 Å². The van der Waals surface area contributed by atoms with Gasteiger partial charge in [0.2, 0.25) is 0 Å². The summed E-state index contributed by atoms with van der Waals surface area (Å²) >= 11 is 0. The number of aromatic nitrogens is 1. The molecule has 1 aromatic heterocycles. The van der Waals surface area contributed by atoms with Crippen molar-refractivity contribution in [3.63, 3.8) is 0 Å². The topological polar surface area (TPSA) is 97.6 Å². The van der Waals surface area contributed by atoms with Crippen LogP contribution in [-0.4, -0.2) is 40.7 Å². The molecule has 1 aliphatic rings. The molecule has 1 N–H and O–H groups in total. The van der Waals surface area contributed by atoms with Gasteiger partial charge in [-0.1, -0.05) is 0 Å². The molecule has 1 aromatic rings. The maximum absolute atomic E-state index is 11.8. The number of ether oxygens (including phenoxy) is 1. The summed E-state index contributed by atoms with van der Waals surface area (Å²) in [6.45, 7) is 8.47. The van der Waals surface area contributed by atoms with Crippen molar-refractivity contribution in [2.24, 2.45) is 0 Å². The van der Waals surface area contributed by atoms with Crippen LogP contribution in [0.5, 0.6) is 0 Å². The van der Waals surface area contributed by atoms with Crippen molar-refractivity contribution in [2.45, 2.75) is 45.8 Å². The maximum atomic E-state index is 11.8. The van der Waals surface area contributed by atoms with Crippen LogP contribution in [0, 0.1) is 17.0 Å². The fourth-order valence-electron chi connectivity index (χ4n) is 2.46. The van der Waals surface area contributed by atoms with E-state index in [1.54, 1.807) is 13.0 Å². The van der Waals surface area contributed by atoms with Crippen LogP contribution in [0.4, 0.5) is 16.3 Å². The number of nitrogens with zero attached hydrogens (tertiary/aromatic N) is 3. The van der Waals surface area contributed by atoms with Gasteiger partial charge < -0.3 is 15.0 Å². The van der Waals surface area contributed by atoms with Gasteiger partial charge >= 0.3 is 6.09 Å². The van der Waals surface area contributed by atoms with Gasteiger partial charge in [0, 0.05) is 18.7 Å². The molecule has 0 spiro atoms. The molecule has 8 heteroatoms. The molecule has 126 valence electrons. The highest BCUT2D eigenvalue weighted by Gasteiger charge is 2.27. The standard InChI is InChI=1S/C15H22N4O4/c1-10-7-13(16-8-12(10)19(21)22)18-6-5-11(9-18)17-14(20)23-15(2,3)4/h7-8,11H,5-6,9H2,1-4H3,(H,17,20). The number of hydrogen-bond acceptors (Lipinski definition) is 6. The molecular weight excluding hydrogens is 300 g/mol. The molecule has 1 saturated heterocycles.